The molecule has 1 unspecified atom stereocenters. The fourth-order valence-corrected chi connectivity index (χ4v) is 1.82. The minimum Gasteiger partial charge on any atom is -0.481 e. The van der Waals surface area contributed by atoms with Crippen molar-refractivity contribution in [1.82, 2.24) is 15.1 Å². The summed E-state index contributed by atoms with van der Waals surface area (Å²) in [6.07, 6.45) is 0.137. The third-order valence-corrected chi connectivity index (χ3v) is 2.57. The van der Waals surface area contributed by atoms with Crippen LogP contribution in [0.15, 0.2) is 0 Å². The minimum absolute atomic E-state index is 0.137. The zero-order chi connectivity index (χ0) is 13.9. The van der Waals surface area contributed by atoms with Gasteiger partial charge in [0.1, 0.15) is 6.04 Å². The van der Waals surface area contributed by atoms with Gasteiger partial charge < -0.3 is 15.2 Å². The summed E-state index contributed by atoms with van der Waals surface area (Å²) in [6.45, 7) is 3.05. The molecule has 0 saturated heterocycles. The van der Waals surface area contributed by atoms with Crippen molar-refractivity contribution in [3.05, 3.63) is 11.3 Å². The van der Waals surface area contributed by atoms with Crippen molar-refractivity contribution in [3.63, 3.8) is 0 Å². The molecular formula is C11H17N3O4. The van der Waals surface area contributed by atoms with Gasteiger partial charge in [0.2, 0.25) is 11.8 Å². The number of carbonyl (C=O) groups is 2. The normalized spacial score (nSPS) is 12.0. The lowest BCUT2D eigenvalue weighted by Crippen LogP contribution is -2.41. The third kappa shape index (κ3) is 2.99. The van der Waals surface area contributed by atoms with Crippen LogP contribution in [0.2, 0.25) is 0 Å². The van der Waals surface area contributed by atoms with E-state index in [-0.39, 0.29) is 12.3 Å². The lowest BCUT2D eigenvalue weighted by Gasteiger charge is -2.13. The number of aromatic nitrogens is 2. The monoisotopic (exact) mass is 255 g/mol. The van der Waals surface area contributed by atoms with Gasteiger partial charge in [0.25, 0.3) is 0 Å². The molecule has 100 valence electrons. The molecule has 1 rings (SSSR count). The van der Waals surface area contributed by atoms with Gasteiger partial charge in [-0.2, -0.15) is 5.10 Å². The first-order valence-electron chi connectivity index (χ1n) is 5.43. The number of hydrogen-bond donors (Lipinski definition) is 2. The number of nitrogens with zero attached hydrogens (tertiary/aromatic N) is 2. The Kier molecular flexibility index (Phi) is 4.30. The molecule has 0 aliphatic rings. The smallest absolute Gasteiger partial charge is 0.326 e. The number of methoxy groups -OCH3 is 1. The van der Waals surface area contributed by atoms with Crippen molar-refractivity contribution in [2.24, 2.45) is 7.05 Å². The predicted molar refractivity (Wildman–Crippen MR) is 63.4 cm³/mol. The van der Waals surface area contributed by atoms with E-state index in [4.69, 9.17) is 9.84 Å². The topological polar surface area (TPSA) is 93.4 Å². The number of carboxylic acid groups (broad SMARTS) is 1. The standard InChI is InChI=1S/C11H17N3O4/c1-6-8(10(18-4)14(3)13-6)5-9(11(16)17)12-7(2)15/h9H,5H2,1-4H3,(H,12,15)(H,16,17). The molecular weight excluding hydrogens is 238 g/mol. The Morgan fingerprint density at radius 1 is 1.56 bits per heavy atom. The molecule has 1 aromatic rings. The zero-order valence-corrected chi connectivity index (χ0v) is 10.9. The van der Waals surface area contributed by atoms with Gasteiger partial charge in [-0.25, -0.2) is 9.48 Å². The van der Waals surface area contributed by atoms with E-state index in [1.165, 1.54) is 18.7 Å². The highest BCUT2D eigenvalue weighted by Gasteiger charge is 2.24. The quantitative estimate of drug-likeness (QED) is 0.764. The maximum atomic E-state index is 11.1. The van der Waals surface area contributed by atoms with Crippen LogP contribution in [0.1, 0.15) is 18.2 Å². The van der Waals surface area contributed by atoms with Gasteiger partial charge in [0, 0.05) is 26.0 Å². The number of amides is 1. The lowest BCUT2D eigenvalue weighted by molar-refractivity contribution is -0.141. The first-order chi connectivity index (χ1) is 8.36. The molecule has 0 fully saturated rings. The Hall–Kier alpha value is -2.05. The van der Waals surface area contributed by atoms with E-state index in [0.717, 1.165) is 0 Å². The van der Waals surface area contributed by atoms with E-state index in [1.54, 1.807) is 14.0 Å². The SMILES string of the molecule is COc1c(CC(NC(C)=O)C(=O)O)c(C)nn1C. The van der Waals surface area contributed by atoms with Crippen LogP contribution in [0.5, 0.6) is 5.88 Å². The summed E-state index contributed by atoms with van der Waals surface area (Å²) in [6, 6.07) is -0.987. The first kappa shape index (κ1) is 14.0. The number of aliphatic carboxylic acids is 1. The number of rotatable bonds is 5. The summed E-state index contributed by atoms with van der Waals surface area (Å²) in [5.41, 5.74) is 1.37. The average Bonchev–Trinajstić information content (AvgIpc) is 2.51. The van der Waals surface area contributed by atoms with Crippen LogP contribution in [0.4, 0.5) is 0 Å². The van der Waals surface area contributed by atoms with E-state index in [1.807, 2.05) is 0 Å². The van der Waals surface area contributed by atoms with Crippen LogP contribution in [0.25, 0.3) is 0 Å². The van der Waals surface area contributed by atoms with Gasteiger partial charge in [0.05, 0.1) is 12.8 Å². The highest BCUT2D eigenvalue weighted by molar-refractivity contribution is 5.82. The van der Waals surface area contributed by atoms with E-state index in [9.17, 15) is 9.59 Å². The lowest BCUT2D eigenvalue weighted by atomic mass is 10.1. The van der Waals surface area contributed by atoms with Gasteiger partial charge in [-0.3, -0.25) is 4.79 Å². The number of carbonyl (C=O) groups excluding carboxylic acids is 1. The Morgan fingerprint density at radius 2 is 2.17 bits per heavy atom. The molecule has 0 bridgehead atoms. The second kappa shape index (κ2) is 5.52. The summed E-state index contributed by atoms with van der Waals surface area (Å²) >= 11 is 0. The molecule has 0 radical (unpaired) electrons. The number of nitrogens with one attached hydrogen (secondary N) is 1. The van der Waals surface area contributed by atoms with E-state index in [2.05, 4.69) is 10.4 Å². The van der Waals surface area contributed by atoms with Gasteiger partial charge in [-0.15, -0.1) is 0 Å². The van der Waals surface area contributed by atoms with Gasteiger partial charge in [0.15, 0.2) is 0 Å². The molecule has 0 aromatic carbocycles. The molecule has 0 spiro atoms. The van der Waals surface area contributed by atoms with Crippen molar-refractivity contribution >= 4 is 11.9 Å². The highest BCUT2D eigenvalue weighted by atomic mass is 16.5. The maximum Gasteiger partial charge on any atom is 0.326 e. The number of ether oxygens (including phenoxy) is 1. The summed E-state index contributed by atoms with van der Waals surface area (Å²) in [7, 11) is 3.21. The summed E-state index contributed by atoms with van der Waals surface area (Å²) in [5, 5.41) is 15.6. The molecule has 0 aliphatic heterocycles. The third-order valence-electron chi connectivity index (χ3n) is 2.57. The van der Waals surface area contributed by atoms with Crippen LogP contribution in [0.3, 0.4) is 0 Å². The van der Waals surface area contributed by atoms with E-state index >= 15 is 0 Å². The van der Waals surface area contributed by atoms with E-state index in [0.29, 0.717) is 17.1 Å². The number of hydrogen-bond acceptors (Lipinski definition) is 4. The second-order valence-corrected chi connectivity index (χ2v) is 3.99. The van der Waals surface area contributed by atoms with Gasteiger partial charge in [-0.05, 0) is 6.92 Å². The molecule has 1 amide bonds. The van der Waals surface area contributed by atoms with Crippen molar-refractivity contribution in [3.8, 4) is 5.88 Å². The molecule has 1 aromatic heterocycles. The molecule has 2 N–H and O–H groups in total. The molecule has 1 atom stereocenters. The van der Waals surface area contributed by atoms with Gasteiger partial charge >= 0.3 is 5.97 Å². The fourth-order valence-electron chi connectivity index (χ4n) is 1.82. The largest absolute Gasteiger partial charge is 0.481 e. The Labute approximate surface area is 105 Å². The zero-order valence-electron chi connectivity index (χ0n) is 10.9. The van der Waals surface area contributed by atoms with Gasteiger partial charge in [-0.1, -0.05) is 0 Å². The van der Waals surface area contributed by atoms with Crippen LogP contribution in [-0.4, -0.2) is 39.9 Å². The predicted octanol–water partition coefficient (Wildman–Crippen LogP) is -0.131. The number of carboxylic acids is 1. The average molecular weight is 255 g/mol. The molecule has 7 heteroatoms. The first-order valence-corrected chi connectivity index (χ1v) is 5.43. The van der Waals surface area contributed by atoms with Crippen LogP contribution < -0.4 is 10.1 Å². The molecule has 0 aliphatic carbocycles. The summed E-state index contributed by atoms with van der Waals surface area (Å²) < 4.78 is 6.72. The Bertz CT molecular complexity index is 467. The van der Waals surface area contributed by atoms with Crippen LogP contribution in [-0.2, 0) is 23.1 Å². The maximum absolute atomic E-state index is 11.1. The van der Waals surface area contributed by atoms with E-state index < -0.39 is 12.0 Å². The van der Waals surface area contributed by atoms with Crippen molar-refractivity contribution in [2.75, 3.05) is 7.11 Å². The molecule has 0 saturated carbocycles. The summed E-state index contributed by atoms with van der Waals surface area (Å²) in [5.74, 6) is -0.970. The molecule has 18 heavy (non-hydrogen) atoms. The number of aryl methyl sites for hydroxylation is 2. The Balaban J connectivity index is 3.00. The van der Waals surface area contributed by atoms with Crippen molar-refractivity contribution in [2.45, 2.75) is 26.3 Å². The Morgan fingerprint density at radius 3 is 2.61 bits per heavy atom. The highest BCUT2D eigenvalue weighted by Crippen LogP contribution is 2.22. The van der Waals surface area contributed by atoms with Crippen molar-refractivity contribution < 1.29 is 19.4 Å². The molecule has 7 nitrogen and oxygen atoms in total. The molecule has 1 heterocycles. The van der Waals surface area contributed by atoms with Crippen LogP contribution >= 0.6 is 0 Å². The van der Waals surface area contributed by atoms with Crippen LogP contribution in [0, 0.1) is 6.92 Å². The van der Waals surface area contributed by atoms with Crippen molar-refractivity contribution in [1.29, 1.82) is 0 Å². The summed E-state index contributed by atoms with van der Waals surface area (Å²) in [4.78, 5) is 22.0. The minimum atomic E-state index is -1.09. The fraction of sp³-hybridized carbons (Fsp3) is 0.545. The second-order valence-electron chi connectivity index (χ2n) is 3.99.